The van der Waals surface area contributed by atoms with Gasteiger partial charge in [-0.05, 0) is 59.0 Å². The Morgan fingerprint density at radius 2 is 1.54 bits per heavy atom. The summed E-state index contributed by atoms with van der Waals surface area (Å²) in [6.45, 7) is 3.62. The number of tetrazole rings is 1. The first-order chi connectivity index (χ1) is 22.5. The van der Waals surface area contributed by atoms with Gasteiger partial charge in [-0.1, -0.05) is 67.8 Å². The lowest BCUT2D eigenvalue weighted by molar-refractivity contribution is -0.396. The lowest BCUT2D eigenvalue weighted by atomic mass is 10.00. The predicted molar refractivity (Wildman–Crippen MR) is 158 cm³/mol. The van der Waals surface area contributed by atoms with E-state index in [1.165, 1.54) is 23.9 Å². The van der Waals surface area contributed by atoms with Crippen LogP contribution in [0, 0.1) is 23.7 Å². The molecule has 3 aromatic rings. The number of benzene rings is 2. The van der Waals surface area contributed by atoms with Crippen molar-refractivity contribution in [3.05, 3.63) is 60.2 Å². The summed E-state index contributed by atoms with van der Waals surface area (Å²) in [7, 11) is 0. The van der Waals surface area contributed by atoms with Crippen molar-refractivity contribution in [1.29, 1.82) is 0 Å². The third-order valence-corrected chi connectivity index (χ3v) is 8.12. The van der Waals surface area contributed by atoms with Crippen molar-refractivity contribution in [3.8, 4) is 23.3 Å². The van der Waals surface area contributed by atoms with E-state index in [-0.39, 0.29) is 24.2 Å². The monoisotopic (exact) mass is 712 g/mol. The Morgan fingerprint density at radius 1 is 0.875 bits per heavy atom. The number of para-hydroxylation sites is 1. The van der Waals surface area contributed by atoms with E-state index in [4.69, 9.17) is 9.47 Å². The number of aliphatic hydroxyl groups excluding tert-OH is 1. The van der Waals surface area contributed by atoms with Crippen LogP contribution in [-0.2, 0) is 11.3 Å². The molecular weight excluding hydrogens is 679 g/mol. The van der Waals surface area contributed by atoms with E-state index < -0.39 is 49.5 Å². The molecular formula is C31H33F9N4O3S. The van der Waals surface area contributed by atoms with E-state index in [0.717, 1.165) is 5.69 Å². The summed E-state index contributed by atoms with van der Waals surface area (Å²) in [6, 6.07) is 15.4. The van der Waals surface area contributed by atoms with Gasteiger partial charge in [0.05, 0.1) is 18.9 Å². The number of halogens is 9. The van der Waals surface area contributed by atoms with Gasteiger partial charge in [-0.15, -0.1) is 5.10 Å². The summed E-state index contributed by atoms with van der Waals surface area (Å²) >= 11 is 1.45. The summed E-state index contributed by atoms with van der Waals surface area (Å²) in [4.78, 5) is 0. The molecule has 0 aliphatic rings. The Labute approximate surface area is 275 Å². The fourth-order valence-electron chi connectivity index (χ4n) is 3.96. The molecule has 0 saturated carbocycles. The van der Waals surface area contributed by atoms with E-state index in [1.807, 2.05) is 44.2 Å². The van der Waals surface area contributed by atoms with Crippen molar-refractivity contribution >= 4 is 11.8 Å². The molecule has 1 heterocycles. The highest BCUT2D eigenvalue weighted by Gasteiger charge is 2.81. The van der Waals surface area contributed by atoms with Gasteiger partial charge in [-0.25, -0.2) is 0 Å². The minimum Gasteiger partial charge on any atom is -0.494 e. The van der Waals surface area contributed by atoms with E-state index >= 15 is 0 Å². The quantitative estimate of drug-likeness (QED) is 0.0668. The predicted octanol–water partition coefficient (Wildman–Crippen LogP) is 7.63. The van der Waals surface area contributed by atoms with Gasteiger partial charge in [0.25, 0.3) is 0 Å². The Hall–Kier alpha value is -3.49. The van der Waals surface area contributed by atoms with Gasteiger partial charge in [-0.3, -0.25) is 0 Å². The Morgan fingerprint density at radius 3 is 2.19 bits per heavy atom. The molecule has 1 aromatic heterocycles. The van der Waals surface area contributed by atoms with Crippen LogP contribution in [0.2, 0.25) is 0 Å². The molecule has 1 N–H and O–H groups in total. The van der Waals surface area contributed by atoms with E-state index in [2.05, 4.69) is 27.4 Å². The lowest BCUT2D eigenvalue weighted by Crippen LogP contribution is -2.60. The van der Waals surface area contributed by atoms with Crippen LogP contribution in [0.4, 0.5) is 39.5 Å². The zero-order chi connectivity index (χ0) is 35.6. The molecule has 0 bridgehead atoms. The fourth-order valence-corrected chi connectivity index (χ4v) is 4.80. The average Bonchev–Trinajstić information content (AvgIpc) is 3.52. The molecule has 7 nitrogen and oxygen atoms in total. The van der Waals surface area contributed by atoms with Gasteiger partial charge in [0.1, 0.15) is 11.9 Å². The summed E-state index contributed by atoms with van der Waals surface area (Å²) < 4.78 is 129. The van der Waals surface area contributed by atoms with Crippen LogP contribution in [0.3, 0.4) is 0 Å². The normalized spacial score (nSPS) is 14.6. The van der Waals surface area contributed by atoms with Crippen molar-refractivity contribution in [1.82, 2.24) is 20.2 Å². The smallest absolute Gasteiger partial charge is 0.460 e. The molecule has 0 amide bonds. The second-order valence-electron chi connectivity index (χ2n) is 10.9. The van der Waals surface area contributed by atoms with Crippen molar-refractivity contribution in [2.45, 2.75) is 74.9 Å². The first-order valence-corrected chi connectivity index (χ1v) is 15.6. The van der Waals surface area contributed by atoms with Crippen LogP contribution in [0.15, 0.2) is 59.8 Å². The Balaban J connectivity index is 1.34. The van der Waals surface area contributed by atoms with Gasteiger partial charge < -0.3 is 14.6 Å². The minimum absolute atomic E-state index is 0.0528. The lowest BCUT2D eigenvalue weighted by Gasteiger charge is -2.33. The maximum absolute atomic E-state index is 13.6. The highest BCUT2D eigenvalue weighted by atomic mass is 32.2. The number of aliphatic hydroxyl groups is 1. The highest BCUT2D eigenvalue weighted by Crippen LogP contribution is 2.54. The summed E-state index contributed by atoms with van der Waals surface area (Å²) in [5.74, 6) is -12.7. The minimum atomic E-state index is -6.90. The molecule has 0 fully saturated rings. The zero-order valence-corrected chi connectivity index (χ0v) is 26.6. The third-order valence-electron chi connectivity index (χ3n) is 6.94. The highest BCUT2D eigenvalue weighted by molar-refractivity contribution is 7.99. The number of aromatic nitrogens is 4. The van der Waals surface area contributed by atoms with E-state index in [9.17, 15) is 44.6 Å². The van der Waals surface area contributed by atoms with Gasteiger partial charge in [-0.2, -0.15) is 44.2 Å². The summed E-state index contributed by atoms with van der Waals surface area (Å²) in [5, 5.41) is 22.9. The van der Waals surface area contributed by atoms with Crippen LogP contribution in [0.25, 0.3) is 5.69 Å². The van der Waals surface area contributed by atoms with Crippen molar-refractivity contribution in [2.24, 2.45) is 11.8 Å². The number of ether oxygens (including phenoxy) is 2. The molecule has 48 heavy (non-hydrogen) atoms. The first-order valence-electron chi connectivity index (χ1n) is 14.6. The topological polar surface area (TPSA) is 82.3 Å². The number of thioether (sulfide) groups is 1. The maximum Gasteiger partial charge on any atom is 0.460 e. The molecule has 0 spiro atoms. The molecule has 0 aliphatic carbocycles. The number of hydrogen-bond donors (Lipinski definition) is 1. The van der Waals surface area contributed by atoms with E-state index in [1.54, 1.807) is 16.8 Å². The number of hydrogen-bond acceptors (Lipinski definition) is 7. The fraction of sp³-hybridized carbons (Fsp3) is 0.516. The van der Waals surface area contributed by atoms with E-state index in [0.29, 0.717) is 29.5 Å². The number of alkyl halides is 9. The van der Waals surface area contributed by atoms with Crippen LogP contribution in [-0.4, -0.2) is 74.3 Å². The molecule has 0 aliphatic heterocycles. The third kappa shape index (κ3) is 10.3. The van der Waals surface area contributed by atoms with Crippen LogP contribution < -0.4 is 4.74 Å². The Bertz CT molecular complexity index is 1480. The first kappa shape index (κ1) is 39.0. The number of rotatable bonds is 17. The second kappa shape index (κ2) is 16.8. The van der Waals surface area contributed by atoms with Crippen LogP contribution in [0.1, 0.15) is 38.7 Å². The Kier molecular flexibility index (Phi) is 13.6. The molecule has 3 atom stereocenters. The van der Waals surface area contributed by atoms with Crippen molar-refractivity contribution < 1.29 is 54.1 Å². The van der Waals surface area contributed by atoms with Crippen molar-refractivity contribution in [2.75, 3.05) is 19.0 Å². The molecule has 264 valence electrons. The molecule has 2 aromatic carbocycles. The van der Waals surface area contributed by atoms with Gasteiger partial charge in [0, 0.05) is 24.7 Å². The zero-order valence-electron chi connectivity index (χ0n) is 25.7. The summed E-state index contributed by atoms with van der Waals surface area (Å²) in [6.07, 6.45) is -10.1. The molecule has 0 radical (unpaired) electrons. The van der Waals surface area contributed by atoms with Gasteiger partial charge in [0.15, 0.2) is 0 Å². The van der Waals surface area contributed by atoms with Crippen molar-refractivity contribution in [3.63, 3.8) is 0 Å². The maximum atomic E-state index is 13.6. The molecule has 0 saturated heterocycles. The molecule has 3 rings (SSSR count). The molecule has 17 heteroatoms. The van der Waals surface area contributed by atoms with Gasteiger partial charge in [0.2, 0.25) is 5.16 Å². The molecule has 1 unspecified atom stereocenters. The van der Waals surface area contributed by atoms with Crippen LogP contribution in [0.5, 0.6) is 5.75 Å². The van der Waals surface area contributed by atoms with Crippen LogP contribution >= 0.6 is 11.8 Å². The SMILES string of the molecule is C[C@H](C#CC(O)[C@H](C)CCOCc1ccc(OCCCC(F)(F)C(F)(F)C(F)(F)C(F)(F)F)cc1)CSc1nnnn1-c1ccccc1. The summed E-state index contributed by atoms with van der Waals surface area (Å²) in [5.41, 5.74) is 1.53. The largest absolute Gasteiger partial charge is 0.494 e. The van der Waals surface area contributed by atoms with Gasteiger partial charge >= 0.3 is 23.9 Å². The number of nitrogens with zero attached hydrogens (tertiary/aromatic N) is 4. The standard InChI is InChI=1S/C31H33F9N4O3S/c1-21(20-48-27-41-42-43-44(27)24-7-4-3-5-8-24)9-14-26(45)22(2)15-18-46-19-23-10-12-25(13-11-23)47-17-6-16-28(32,33)29(34,35)30(36,37)31(38,39)40/h3-5,7-8,10-13,21-22,26,45H,6,15-20H2,1-2H3/t21-,22-,26?/m1/s1. The average molecular weight is 713 g/mol. The second-order valence-corrected chi connectivity index (χ2v) is 11.9.